The zero-order chi connectivity index (χ0) is 26.7. The van der Waals surface area contributed by atoms with E-state index in [4.69, 9.17) is 4.42 Å². The van der Waals surface area contributed by atoms with Crippen molar-refractivity contribution in [3.05, 3.63) is 92.8 Å². The van der Waals surface area contributed by atoms with E-state index in [1.54, 1.807) is 31.3 Å². The number of H-pyrrole nitrogens is 2. The molecule has 2 aromatic carbocycles. The minimum atomic E-state index is -0.565. The van der Waals surface area contributed by atoms with Gasteiger partial charge in [-0.25, -0.2) is 19.6 Å². The van der Waals surface area contributed by atoms with Gasteiger partial charge in [-0.15, -0.1) is 0 Å². The SMILES string of the molecule is Cc1cc(C(=O)c2cc(N3CCC(n4c(=O)[nH]c5c6ccccc6ncc54)CC3)ncn2)cc2oc(=O)[nH]c12. The van der Waals surface area contributed by atoms with Crippen LogP contribution in [0.2, 0.25) is 0 Å². The molecule has 4 aromatic heterocycles. The highest BCUT2D eigenvalue weighted by molar-refractivity contribution is 6.09. The van der Waals surface area contributed by atoms with E-state index >= 15 is 0 Å². The quantitative estimate of drug-likeness (QED) is 0.336. The third kappa shape index (κ3) is 3.81. The summed E-state index contributed by atoms with van der Waals surface area (Å²) in [6.07, 6.45) is 4.62. The molecule has 6 aromatic rings. The van der Waals surface area contributed by atoms with Crippen LogP contribution in [0.1, 0.15) is 40.5 Å². The van der Waals surface area contributed by atoms with E-state index in [0.717, 1.165) is 40.3 Å². The Kier molecular flexibility index (Phi) is 5.18. The molecule has 1 saturated heterocycles. The highest BCUT2D eigenvalue weighted by Gasteiger charge is 2.26. The molecule has 1 aliphatic rings. The van der Waals surface area contributed by atoms with Crippen molar-refractivity contribution in [1.29, 1.82) is 0 Å². The summed E-state index contributed by atoms with van der Waals surface area (Å²) in [5.74, 6) is -0.200. The van der Waals surface area contributed by atoms with Gasteiger partial charge in [-0.2, -0.15) is 0 Å². The first kappa shape index (κ1) is 23.1. The van der Waals surface area contributed by atoms with Crippen LogP contribution in [0.3, 0.4) is 0 Å². The van der Waals surface area contributed by atoms with Crippen molar-refractivity contribution < 1.29 is 9.21 Å². The van der Waals surface area contributed by atoms with Crippen molar-refractivity contribution in [2.45, 2.75) is 25.8 Å². The van der Waals surface area contributed by atoms with Crippen LogP contribution < -0.4 is 16.3 Å². The molecule has 1 fully saturated rings. The molecule has 1 aliphatic heterocycles. The van der Waals surface area contributed by atoms with Gasteiger partial charge in [0.15, 0.2) is 5.58 Å². The predicted molar refractivity (Wildman–Crippen MR) is 145 cm³/mol. The number of carbonyl (C=O) groups is 1. The summed E-state index contributed by atoms with van der Waals surface area (Å²) >= 11 is 0. The van der Waals surface area contributed by atoms with Crippen molar-refractivity contribution in [2.24, 2.45) is 0 Å². The van der Waals surface area contributed by atoms with Gasteiger partial charge in [0.1, 0.15) is 17.8 Å². The van der Waals surface area contributed by atoms with E-state index in [0.29, 0.717) is 35.6 Å². The van der Waals surface area contributed by atoms with Gasteiger partial charge in [0.2, 0.25) is 5.78 Å². The monoisotopic (exact) mass is 521 g/mol. The van der Waals surface area contributed by atoms with Gasteiger partial charge in [0.25, 0.3) is 0 Å². The number of nitrogens with one attached hydrogen (secondary N) is 2. The molecule has 11 nitrogen and oxygen atoms in total. The van der Waals surface area contributed by atoms with Gasteiger partial charge in [0, 0.05) is 36.1 Å². The molecule has 0 atom stereocenters. The summed E-state index contributed by atoms with van der Waals surface area (Å²) in [4.78, 5) is 58.8. The van der Waals surface area contributed by atoms with Gasteiger partial charge in [0.05, 0.1) is 28.3 Å². The van der Waals surface area contributed by atoms with E-state index < -0.39 is 5.76 Å². The molecule has 5 heterocycles. The molecule has 2 N–H and O–H groups in total. The maximum Gasteiger partial charge on any atom is 0.417 e. The Morgan fingerprint density at radius 3 is 2.67 bits per heavy atom. The number of fused-ring (bicyclic) bond motifs is 4. The van der Waals surface area contributed by atoms with E-state index in [1.807, 2.05) is 28.8 Å². The highest BCUT2D eigenvalue weighted by atomic mass is 16.4. The minimum absolute atomic E-state index is 0.0131. The van der Waals surface area contributed by atoms with Crippen LogP contribution in [0.4, 0.5) is 5.82 Å². The number of imidazole rings is 1. The molecular weight excluding hydrogens is 498 g/mol. The van der Waals surface area contributed by atoms with Crippen LogP contribution in [0.15, 0.2) is 69.0 Å². The van der Waals surface area contributed by atoms with Crippen LogP contribution in [-0.4, -0.2) is 48.4 Å². The van der Waals surface area contributed by atoms with Gasteiger partial charge in [-0.1, -0.05) is 18.2 Å². The fourth-order valence-electron chi connectivity index (χ4n) is 5.58. The fraction of sp³-hybridized carbons (Fsp3) is 0.214. The Balaban J connectivity index is 1.13. The van der Waals surface area contributed by atoms with E-state index in [9.17, 15) is 14.4 Å². The number of aromatic nitrogens is 6. The molecule has 0 bridgehead atoms. The predicted octanol–water partition coefficient (Wildman–Crippen LogP) is 3.48. The molecule has 11 heteroatoms. The number of anilines is 1. The molecule has 7 rings (SSSR count). The Bertz CT molecular complexity index is 2030. The first-order chi connectivity index (χ1) is 19.0. The smallest absolute Gasteiger partial charge is 0.408 e. The van der Waals surface area contributed by atoms with Gasteiger partial charge < -0.3 is 14.3 Å². The normalized spacial score (nSPS) is 14.5. The molecular formula is C28H23N7O4. The second kappa shape index (κ2) is 8.76. The lowest BCUT2D eigenvalue weighted by Crippen LogP contribution is -2.37. The number of hydrogen-bond acceptors (Lipinski definition) is 8. The average Bonchev–Trinajstić information content (AvgIpc) is 3.51. The van der Waals surface area contributed by atoms with Crippen LogP contribution in [0.5, 0.6) is 0 Å². The first-order valence-electron chi connectivity index (χ1n) is 12.7. The Hall–Kier alpha value is -5.06. The average molecular weight is 522 g/mol. The largest absolute Gasteiger partial charge is 0.417 e. The highest BCUT2D eigenvalue weighted by Crippen LogP contribution is 2.29. The van der Waals surface area contributed by atoms with Gasteiger partial charge in [-0.3, -0.25) is 19.3 Å². The van der Waals surface area contributed by atoms with E-state index in [2.05, 4.69) is 29.8 Å². The summed E-state index contributed by atoms with van der Waals surface area (Å²) in [7, 11) is 0. The summed E-state index contributed by atoms with van der Waals surface area (Å²) in [5.41, 5.74) is 4.58. The maximum atomic E-state index is 13.3. The molecule has 0 saturated carbocycles. The Labute approximate surface area is 220 Å². The number of benzene rings is 2. The molecule has 0 radical (unpaired) electrons. The van der Waals surface area contributed by atoms with Gasteiger partial charge in [-0.05, 0) is 43.5 Å². The lowest BCUT2D eigenvalue weighted by atomic mass is 10.0. The third-order valence-corrected chi connectivity index (χ3v) is 7.50. The summed E-state index contributed by atoms with van der Waals surface area (Å²) in [6, 6.07) is 12.7. The van der Waals surface area contributed by atoms with Crippen molar-refractivity contribution in [1.82, 2.24) is 29.5 Å². The molecule has 194 valence electrons. The lowest BCUT2D eigenvalue weighted by molar-refractivity contribution is 0.103. The molecule has 39 heavy (non-hydrogen) atoms. The molecule has 0 amide bonds. The number of pyridine rings is 1. The topological polar surface area (TPSA) is 143 Å². The van der Waals surface area contributed by atoms with Crippen LogP contribution in [0.25, 0.3) is 33.0 Å². The van der Waals surface area contributed by atoms with E-state index in [1.165, 1.54) is 6.33 Å². The number of oxazole rings is 1. The Morgan fingerprint density at radius 2 is 1.82 bits per heavy atom. The molecule has 0 spiro atoms. The summed E-state index contributed by atoms with van der Waals surface area (Å²) in [5, 5.41) is 0.925. The standard InChI is InChI=1S/C28H23N7O4/c1-15-10-16(11-22-24(15)33-28(38)39-22)26(36)20-12-23(31-14-30-20)34-8-6-17(7-9-34)35-21-13-29-19-5-3-2-4-18(19)25(21)32-27(35)37/h2-5,10-14,17H,6-9H2,1H3,(H,32,37)(H,33,38). The number of aryl methyl sites for hydroxylation is 1. The van der Waals surface area contributed by atoms with Crippen molar-refractivity contribution in [3.8, 4) is 0 Å². The van der Waals surface area contributed by atoms with Crippen LogP contribution in [0, 0.1) is 6.92 Å². The second-order valence-corrected chi connectivity index (χ2v) is 9.83. The minimum Gasteiger partial charge on any atom is -0.408 e. The number of ketones is 1. The van der Waals surface area contributed by atoms with E-state index in [-0.39, 0.29) is 23.2 Å². The van der Waals surface area contributed by atoms with Crippen molar-refractivity contribution in [3.63, 3.8) is 0 Å². The number of rotatable bonds is 4. The third-order valence-electron chi connectivity index (χ3n) is 7.50. The molecule has 0 aliphatic carbocycles. The van der Waals surface area contributed by atoms with Crippen molar-refractivity contribution in [2.75, 3.05) is 18.0 Å². The number of carbonyl (C=O) groups excluding carboxylic acids is 1. The summed E-state index contributed by atoms with van der Waals surface area (Å²) in [6.45, 7) is 3.13. The lowest BCUT2D eigenvalue weighted by Gasteiger charge is -2.33. The number of nitrogens with zero attached hydrogens (tertiary/aromatic N) is 5. The summed E-state index contributed by atoms with van der Waals surface area (Å²) < 4.78 is 6.97. The zero-order valence-electron chi connectivity index (χ0n) is 21.0. The van der Waals surface area contributed by atoms with Crippen LogP contribution in [-0.2, 0) is 0 Å². The number of aromatic amines is 2. The van der Waals surface area contributed by atoms with Gasteiger partial charge >= 0.3 is 11.4 Å². The maximum absolute atomic E-state index is 13.3. The van der Waals surface area contributed by atoms with Crippen LogP contribution >= 0.6 is 0 Å². The van der Waals surface area contributed by atoms with Crippen molar-refractivity contribution >= 4 is 44.6 Å². The number of para-hydroxylation sites is 1. The number of piperidine rings is 1. The fourth-order valence-corrected chi connectivity index (χ4v) is 5.58. The number of hydrogen-bond donors (Lipinski definition) is 2. The second-order valence-electron chi connectivity index (χ2n) is 9.83. The first-order valence-corrected chi connectivity index (χ1v) is 12.7. The zero-order valence-corrected chi connectivity index (χ0v) is 21.0. The molecule has 0 unspecified atom stereocenters. The Morgan fingerprint density at radius 1 is 1.00 bits per heavy atom.